The Hall–Kier alpha value is -3.06. The molecule has 0 spiro atoms. The molecule has 1 aliphatic rings. The normalized spacial score (nSPS) is 16.4. The molecule has 1 N–H and O–H groups in total. The Balaban J connectivity index is 1.67. The van der Waals surface area contributed by atoms with E-state index in [-0.39, 0.29) is 23.0 Å². The fraction of sp³-hybridized carbons (Fsp3) is 0.333. The molecule has 4 heterocycles. The minimum Gasteiger partial charge on any atom is -0.376 e. The molecule has 1 atom stereocenters. The van der Waals surface area contributed by atoms with E-state index in [1.54, 1.807) is 23.2 Å². The summed E-state index contributed by atoms with van der Waals surface area (Å²) in [6, 6.07) is 9.06. The molecule has 1 aliphatic heterocycles. The van der Waals surface area contributed by atoms with Gasteiger partial charge in [-0.2, -0.15) is 0 Å². The molecule has 1 fully saturated rings. The first kappa shape index (κ1) is 18.3. The van der Waals surface area contributed by atoms with Gasteiger partial charge in [-0.1, -0.05) is 6.07 Å². The third-order valence-electron chi connectivity index (χ3n) is 4.92. The van der Waals surface area contributed by atoms with Crippen LogP contribution in [0, 0.1) is 6.92 Å². The van der Waals surface area contributed by atoms with Crippen LogP contribution in [0.5, 0.6) is 0 Å². The van der Waals surface area contributed by atoms with E-state index < -0.39 is 0 Å². The van der Waals surface area contributed by atoms with Gasteiger partial charge in [0.15, 0.2) is 0 Å². The number of rotatable bonds is 5. The Morgan fingerprint density at radius 1 is 1.32 bits per heavy atom. The number of aromatic nitrogens is 3. The fourth-order valence-electron chi connectivity index (χ4n) is 3.47. The highest BCUT2D eigenvalue weighted by molar-refractivity contribution is 5.96. The Kier molecular flexibility index (Phi) is 5.16. The molecule has 7 nitrogen and oxygen atoms in total. The van der Waals surface area contributed by atoms with E-state index in [1.165, 1.54) is 6.20 Å². The van der Waals surface area contributed by atoms with Crippen molar-refractivity contribution in [2.75, 3.05) is 13.2 Å². The molecule has 4 rings (SSSR count). The van der Waals surface area contributed by atoms with Gasteiger partial charge in [-0.25, -0.2) is 4.98 Å². The molecular weight excluding hydrogens is 356 g/mol. The second-order valence-corrected chi connectivity index (χ2v) is 7.02. The SMILES string of the molecule is Cc1ccc2c(=O)c(C(=O)N(Cc3ccccn3)C[C@H]3CCCO3)c[nH]c2n1. The third-order valence-corrected chi connectivity index (χ3v) is 4.92. The number of aryl methyl sites for hydroxylation is 1. The molecule has 0 radical (unpaired) electrons. The molecule has 7 heteroatoms. The molecule has 0 bridgehead atoms. The summed E-state index contributed by atoms with van der Waals surface area (Å²) >= 11 is 0. The number of nitrogens with zero attached hydrogens (tertiary/aromatic N) is 3. The van der Waals surface area contributed by atoms with Gasteiger partial charge in [-0.15, -0.1) is 0 Å². The first-order chi connectivity index (χ1) is 13.6. The van der Waals surface area contributed by atoms with Gasteiger partial charge in [-0.05, 0) is 44.0 Å². The van der Waals surface area contributed by atoms with Gasteiger partial charge >= 0.3 is 0 Å². The van der Waals surface area contributed by atoms with Gasteiger partial charge in [0.1, 0.15) is 11.2 Å². The van der Waals surface area contributed by atoms with Crippen molar-refractivity contribution in [1.29, 1.82) is 0 Å². The summed E-state index contributed by atoms with van der Waals surface area (Å²) in [7, 11) is 0. The first-order valence-electron chi connectivity index (χ1n) is 9.41. The highest BCUT2D eigenvalue weighted by Gasteiger charge is 2.26. The minimum atomic E-state index is -0.329. The quantitative estimate of drug-likeness (QED) is 0.737. The Labute approximate surface area is 162 Å². The molecule has 3 aromatic heterocycles. The molecule has 3 aromatic rings. The van der Waals surface area contributed by atoms with E-state index in [2.05, 4.69) is 15.0 Å². The van der Waals surface area contributed by atoms with Crippen LogP contribution in [-0.2, 0) is 11.3 Å². The number of amides is 1. The number of carbonyl (C=O) groups is 1. The summed E-state index contributed by atoms with van der Waals surface area (Å²) in [4.78, 5) is 39.5. The highest BCUT2D eigenvalue weighted by atomic mass is 16.5. The summed E-state index contributed by atoms with van der Waals surface area (Å²) < 4.78 is 5.71. The molecule has 1 amide bonds. The number of pyridine rings is 3. The van der Waals surface area contributed by atoms with Gasteiger partial charge in [0.2, 0.25) is 5.43 Å². The maximum absolute atomic E-state index is 13.3. The zero-order valence-electron chi connectivity index (χ0n) is 15.7. The smallest absolute Gasteiger partial charge is 0.259 e. The second kappa shape index (κ2) is 7.90. The Morgan fingerprint density at radius 2 is 2.21 bits per heavy atom. The maximum Gasteiger partial charge on any atom is 0.259 e. The summed E-state index contributed by atoms with van der Waals surface area (Å²) in [5.74, 6) is -0.329. The van der Waals surface area contributed by atoms with Crippen molar-refractivity contribution in [2.45, 2.75) is 32.4 Å². The number of fused-ring (bicyclic) bond motifs is 1. The van der Waals surface area contributed by atoms with E-state index >= 15 is 0 Å². The van der Waals surface area contributed by atoms with Crippen LogP contribution >= 0.6 is 0 Å². The van der Waals surface area contributed by atoms with Crippen LogP contribution in [0.25, 0.3) is 11.0 Å². The summed E-state index contributed by atoms with van der Waals surface area (Å²) in [6.07, 6.45) is 5.03. The second-order valence-electron chi connectivity index (χ2n) is 7.02. The van der Waals surface area contributed by atoms with Crippen molar-refractivity contribution in [1.82, 2.24) is 19.9 Å². The van der Waals surface area contributed by atoms with Crippen molar-refractivity contribution in [2.24, 2.45) is 0 Å². The third kappa shape index (κ3) is 3.80. The monoisotopic (exact) mass is 378 g/mol. The summed E-state index contributed by atoms with van der Waals surface area (Å²) in [5, 5.41) is 0.409. The molecule has 144 valence electrons. The van der Waals surface area contributed by atoms with E-state index in [0.717, 1.165) is 24.2 Å². The lowest BCUT2D eigenvalue weighted by atomic mass is 10.1. The van der Waals surface area contributed by atoms with Crippen LogP contribution < -0.4 is 5.43 Å². The molecule has 0 unspecified atom stereocenters. The van der Waals surface area contributed by atoms with Crippen LogP contribution in [0.3, 0.4) is 0 Å². The van der Waals surface area contributed by atoms with E-state index in [9.17, 15) is 9.59 Å². The summed E-state index contributed by atoms with van der Waals surface area (Å²) in [6.45, 7) is 3.31. The molecular formula is C21H22N4O3. The Bertz CT molecular complexity index is 1040. The molecule has 0 aliphatic carbocycles. The van der Waals surface area contributed by atoms with Crippen LogP contribution in [0.15, 0.2) is 47.5 Å². The van der Waals surface area contributed by atoms with Crippen LogP contribution in [-0.4, -0.2) is 45.0 Å². The molecule has 28 heavy (non-hydrogen) atoms. The molecule has 0 saturated carbocycles. The number of hydrogen-bond donors (Lipinski definition) is 1. The lowest BCUT2D eigenvalue weighted by Crippen LogP contribution is -2.39. The van der Waals surface area contributed by atoms with Gasteiger partial charge in [0.25, 0.3) is 5.91 Å². The molecule has 0 aromatic carbocycles. The maximum atomic E-state index is 13.3. The topological polar surface area (TPSA) is 88.2 Å². The first-order valence-corrected chi connectivity index (χ1v) is 9.41. The zero-order valence-corrected chi connectivity index (χ0v) is 15.7. The summed E-state index contributed by atoms with van der Waals surface area (Å²) in [5.41, 5.74) is 1.84. The van der Waals surface area contributed by atoms with Gasteiger partial charge in [0, 0.05) is 31.2 Å². The van der Waals surface area contributed by atoms with Crippen molar-refractivity contribution in [3.63, 3.8) is 0 Å². The average Bonchev–Trinajstić information content (AvgIpc) is 3.21. The number of aromatic amines is 1. The number of carbonyl (C=O) groups excluding carboxylic acids is 1. The predicted molar refractivity (Wildman–Crippen MR) is 105 cm³/mol. The van der Waals surface area contributed by atoms with Crippen LogP contribution in [0.4, 0.5) is 0 Å². The van der Waals surface area contributed by atoms with E-state index in [4.69, 9.17) is 4.74 Å². The van der Waals surface area contributed by atoms with Crippen molar-refractivity contribution < 1.29 is 9.53 Å². The van der Waals surface area contributed by atoms with E-state index in [1.807, 2.05) is 25.1 Å². The largest absolute Gasteiger partial charge is 0.376 e. The lowest BCUT2D eigenvalue weighted by Gasteiger charge is -2.25. The van der Waals surface area contributed by atoms with E-state index in [0.29, 0.717) is 30.7 Å². The number of hydrogen-bond acceptors (Lipinski definition) is 5. The number of H-pyrrole nitrogens is 1. The average molecular weight is 378 g/mol. The number of ether oxygens (including phenoxy) is 1. The van der Waals surface area contributed by atoms with Crippen LogP contribution in [0.1, 0.15) is 34.6 Å². The van der Waals surface area contributed by atoms with Crippen LogP contribution in [0.2, 0.25) is 0 Å². The fourth-order valence-corrected chi connectivity index (χ4v) is 3.47. The predicted octanol–water partition coefficient (Wildman–Crippen LogP) is 2.45. The Morgan fingerprint density at radius 3 is 2.96 bits per heavy atom. The van der Waals surface area contributed by atoms with Gasteiger partial charge < -0.3 is 14.6 Å². The standard InChI is InChI=1S/C21H22N4O3/c1-14-7-8-17-19(26)18(11-23-20(17)24-14)21(27)25(13-16-6-4-10-28-16)12-15-5-2-3-9-22-15/h2-3,5,7-9,11,16H,4,6,10,12-13H2,1H3,(H,23,24,26)/t16-/m1/s1. The van der Waals surface area contributed by atoms with Crippen molar-refractivity contribution >= 4 is 16.9 Å². The highest BCUT2D eigenvalue weighted by Crippen LogP contribution is 2.17. The van der Waals surface area contributed by atoms with Gasteiger partial charge in [0.05, 0.1) is 23.7 Å². The molecule has 1 saturated heterocycles. The van der Waals surface area contributed by atoms with Crippen molar-refractivity contribution in [3.8, 4) is 0 Å². The van der Waals surface area contributed by atoms with Gasteiger partial charge in [-0.3, -0.25) is 14.6 Å². The zero-order chi connectivity index (χ0) is 19.5. The lowest BCUT2D eigenvalue weighted by molar-refractivity contribution is 0.0503. The number of nitrogens with one attached hydrogen (secondary N) is 1. The van der Waals surface area contributed by atoms with Crippen molar-refractivity contribution in [3.05, 3.63) is 69.9 Å². The minimum absolute atomic E-state index is 0.0171.